The summed E-state index contributed by atoms with van der Waals surface area (Å²) in [5.74, 6) is 1.45. The van der Waals surface area contributed by atoms with E-state index < -0.39 is 0 Å². The van der Waals surface area contributed by atoms with Gasteiger partial charge in [0.1, 0.15) is 5.69 Å². The molecule has 0 radical (unpaired) electrons. The Labute approximate surface area is 175 Å². The van der Waals surface area contributed by atoms with E-state index in [0.717, 1.165) is 42.2 Å². The number of benzene rings is 1. The second-order valence-electron chi connectivity index (χ2n) is 8.82. The molecular formula is C24H26N6. The minimum absolute atomic E-state index is 0.282. The average Bonchev–Trinajstić information content (AvgIpc) is 3.39. The topological polar surface area (TPSA) is 72.3 Å². The van der Waals surface area contributed by atoms with E-state index in [1.165, 1.54) is 29.4 Å². The summed E-state index contributed by atoms with van der Waals surface area (Å²) in [6, 6.07) is 15.5. The molecule has 6 nitrogen and oxygen atoms in total. The molecule has 2 fully saturated rings. The summed E-state index contributed by atoms with van der Waals surface area (Å²) in [6.07, 6.45) is 5.76. The van der Waals surface area contributed by atoms with Crippen molar-refractivity contribution in [3.63, 3.8) is 0 Å². The molecular weight excluding hydrogens is 372 g/mol. The number of hydrogen-bond donors (Lipinski definition) is 1. The quantitative estimate of drug-likeness (QED) is 0.564. The third kappa shape index (κ3) is 2.99. The van der Waals surface area contributed by atoms with Gasteiger partial charge in [0.05, 0.1) is 5.52 Å². The lowest BCUT2D eigenvalue weighted by Gasteiger charge is -2.24. The summed E-state index contributed by atoms with van der Waals surface area (Å²) in [6.45, 7) is 4.25. The highest BCUT2D eigenvalue weighted by atomic mass is 15.3. The normalized spacial score (nSPS) is 20.9. The monoisotopic (exact) mass is 398 g/mol. The zero-order chi connectivity index (χ0) is 20.2. The van der Waals surface area contributed by atoms with Crippen LogP contribution in [-0.4, -0.2) is 43.6 Å². The summed E-state index contributed by atoms with van der Waals surface area (Å²) in [5.41, 5.74) is 11.6. The van der Waals surface area contributed by atoms with Gasteiger partial charge in [-0.15, -0.1) is 10.2 Å². The average molecular weight is 399 g/mol. The van der Waals surface area contributed by atoms with Crippen molar-refractivity contribution in [1.29, 1.82) is 0 Å². The number of likely N-dealkylation sites (tertiary alicyclic amines) is 1. The maximum atomic E-state index is 6.12. The number of rotatable bonds is 4. The molecule has 3 aromatic heterocycles. The van der Waals surface area contributed by atoms with Gasteiger partial charge < -0.3 is 5.73 Å². The van der Waals surface area contributed by atoms with Crippen LogP contribution in [0.1, 0.15) is 49.3 Å². The molecule has 0 amide bonds. The van der Waals surface area contributed by atoms with Crippen molar-refractivity contribution in [2.24, 2.45) is 5.73 Å². The van der Waals surface area contributed by atoms with Crippen molar-refractivity contribution in [3.05, 3.63) is 59.8 Å². The Kier molecular flexibility index (Phi) is 4.11. The number of para-hydroxylation sites is 1. The first kappa shape index (κ1) is 18.0. The first-order valence-electron chi connectivity index (χ1n) is 10.9. The molecule has 1 aliphatic heterocycles. The van der Waals surface area contributed by atoms with Gasteiger partial charge in [-0.25, -0.2) is 4.98 Å². The van der Waals surface area contributed by atoms with Gasteiger partial charge in [0.2, 0.25) is 0 Å². The molecule has 0 spiro atoms. The SMILES string of the molecule is C[C@H](c1ccc2nnc(-c3ccc4cccc(C5CC5)c4n3)n2c1)N1CC[C@H](N)C1. The number of aromatic nitrogens is 4. The smallest absolute Gasteiger partial charge is 0.187 e. The number of nitrogens with zero attached hydrogens (tertiary/aromatic N) is 5. The van der Waals surface area contributed by atoms with E-state index in [-0.39, 0.29) is 6.04 Å². The number of nitrogens with two attached hydrogens (primary N) is 1. The Balaban J connectivity index is 1.43. The van der Waals surface area contributed by atoms with Crippen LogP contribution in [-0.2, 0) is 0 Å². The Morgan fingerprint density at radius 1 is 1.03 bits per heavy atom. The van der Waals surface area contributed by atoms with E-state index in [1.807, 2.05) is 0 Å². The van der Waals surface area contributed by atoms with Crippen LogP contribution < -0.4 is 5.73 Å². The fourth-order valence-electron chi connectivity index (χ4n) is 4.73. The highest BCUT2D eigenvalue weighted by Crippen LogP contribution is 2.42. The fraction of sp³-hybridized carbons (Fsp3) is 0.375. The largest absolute Gasteiger partial charge is 0.326 e. The molecule has 1 saturated carbocycles. The minimum Gasteiger partial charge on any atom is -0.326 e. The number of hydrogen-bond acceptors (Lipinski definition) is 5. The van der Waals surface area contributed by atoms with Crippen molar-refractivity contribution in [2.75, 3.05) is 13.1 Å². The van der Waals surface area contributed by atoms with Crippen LogP contribution in [0.4, 0.5) is 0 Å². The molecule has 6 heteroatoms. The fourth-order valence-corrected chi connectivity index (χ4v) is 4.73. The van der Waals surface area contributed by atoms with Crippen LogP contribution >= 0.6 is 0 Å². The van der Waals surface area contributed by atoms with Gasteiger partial charge in [0.15, 0.2) is 11.5 Å². The molecule has 1 saturated heterocycles. The van der Waals surface area contributed by atoms with Gasteiger partial charge in [0, 0.05) is 36.8 Å². The Morgan fingerprint density at radius 2 is 1.93 bits per heavy atom. The van der Waals surface area contributed by atoms with E-state index in [4.69, 9.17) is 10.7 Å². The lowest BCUT2D eigenvalue weighted by molar-refractivity contribution is 0.259. The highest BCUT2D eigenvalue weighted by Gasteiger charge is 2.27. The molecule has 1 aromatic carbocycles. The van der Waals surface area contributed by atoms with Crippen molar-refractivity contribution in [2.45, 2.75) is 44.2 Å². The standard InChI is InChI=1S/C24H26N6/c1-15(29-12-11-19(25)14-29)18-8-10-22-27-28-24(30(22)13-18)21-9-7-17-3-2-4-20(16-5-6-16)23(17)26-21/h2-4,7-10,13,15-16,19H,5-6,11-12,14,25H2,1H3/t15-,19+/m1/s1. The lowest BCUT2D eigenvalue weighted by Crippen LogP contribution is -2.28. The van der Waals surface area contributed by atoms with Gasteiger partial charge >= 0.3 is 0 Å². The van der Waals surface area contributed by atoms with E-state index in [1.54, 1.807) is 0 Å². The van der Waals surface area contributed by atoms with Gasteiger partial charge in [0.25, 0.3) is 0 Å². The molecule has 0 unspecified atom stereocenters. The van der Waals surface area contributed by atoms with E-state index in [2.05, 4.69) is 75.1 Å². The zero-order valence-corrected chi connectivity index (χ0v) is 17.2. The molecule has 152 valence electrons. The Bertz CT molecular complexity index is 1240. The molecule has 2 atom stereocenters. The lowest BCUT2D eigenvalue weighted by atomic mass is 10.1. The predicted octanol–water partition coefficient (Wildman–Crippen LogP) is 3.92. The maximum Gasteiger partial charge on any atom is 0.187 e. The Hall–Kier alpha value is -2.83. The molecule has 2 aliphatic rings. The van der Waals surface area contributed by atoms with Crippen molar-refractivity contribution in [3.8, 4) is 11.5 Å². The molecule has 4 aromatic rings. The number of fused-ring (bicyclic) bond motifs is 2. The second kappa shape index (κ2) is 6.86. The van der Waals surface area contributed by atoms with Crippen molar-refractivity contribution < 1.29 is 0 Å². The molecule has 2 N–H and O–H groups in total. The van der Waals surface area contributed by atoms with Gasteiger partial charge in [-0.3, -0.25) is 9.30 Å². The van der Waals surface area contributed by atoms with Crippen LogP contribution in [0.3, 0.4) is 0 Å². The third-order valence-electron chi connectivity index (χ3n) is 6.71. The molecule has 4 heterocycles. The summed E-state index contributed by atoms with van der Waals surface area (Å²) < 4.78 is 2.08. The maximum absolute atomic E-state index is 6.12. The first-order chi connectivity index (χ1) is 14.7. The molecule has 0 bridgehead atoms. The summed E-state index contributed by atoms with van der Waals surface area (Å²) >= 11 is 0. The molecule has 30 heavy (non-hydrogen) atoms. The van der Waals surface area contributed by atoms with Gasteiger partial charge in [-0.2, -0.15) is 0 Å². The summed E-state index contributed by atoms with van der Waals surface area (Å²) in [7, 11) is 0. The zero-order valence-electron chi connectivity index (χ0n) is 17.2. The second-order valence-corrected chi connectivity index (χ2v) is 8.82. The Morgan fingerprint density at radius 3 is 2.73 bits per heavy atom. The van der Waals surface area contributed by atoms with Crippen molar-refractivity contribution in [1.82, 2.24) is 24.5 Å². The van der Waals surface area contributed by atoms with Crippen LogP contribution in [0.15, 0.2) is 48.7 Å². The van der Waals surface area contributed by atoms with Crippen LogP contribution in [0.5, 0.6) is 0 Å². The summed E-state index contributed by atoms with van der Waals surface area (Å²) in [4.78, 5) is 7.49. The third-order valence-corrected chi connectivity index (χ3v) is 6.71. The van der Waals surface area contributed by atoms with Gasteiger partial charge in [-0.1, -0.05) is 30.3 Å². The van der Waals surface area contributed by atoms with E-state index in [9.17, 15) is 0 Å². The van der Waals surface area contributed by atoms with Crippen LogP contribution in [0.25, 0.3) is 28.1 Å². The van der Waals surface area contributed by atoms with Crippen LogP contribution in [0, 0.1) is 0 Å². The molecule has 1 aliphatic carbocycles. The predicted molar refractivity (Wildman–Crippen MR) is 118 cm³/mol. The highest BCUT2D eigenvalue weighted by molar-refractivity contribution is 5.84. The van der Waals surface area contributed by atoms with E-state index >= 15 is 0 Å². The number of pyridine rings is 2. The van der Waals surface area contributed by atoms with E-state index in [0.29, 0.717) is 12.0 Å². The van der Waals surface area contributed by atoms with Gasteiger partial charge in [-0.05, 0) is 55.4 Å². The molecule has 6 rings (SSSR count). The summed E-state index contributed by atoms with van der Waals surface area (Å²) in [5, 5.41) is 10.1. The first-order valence-corrected chi connectivity index (χ1v) is 10.9. The van der Waals surface area contributed by atoms with Crippen LogP contribution in [0.2, 0.25) is 0 Å². The van der Waals surface area contributed by atoms with Crippen molar-refractivity contribution >= 4 is 16.6 Å². The minimum atomic E-state index is 0.282.